The second-order valence-corrected chi connectivity index (χ2v) is 9.19. The van der Waals surface area contributed by atoms with Crippen LogP contribution in [0.3, 0.4) is 0 Å². The average molecular weight is 480 g/mol. The van der Waals surface area contributed by atoms with Crippen molar-refractivity contribution < 1.29 is 17.6 Å². The molecule has 9 nitrogen and oxygen atoms in total. The first-order valence-corrected chi connectivity index (χ1v) is 12.0. The van der Waals surface area contributed by atoms with Crippen LogP contribution in [0.5, 0.6) is 5.75 Å². The van der Waals surface area contributed by atoms with Gasteiger partial charge in [0.2, 0.25) is 10.0 Å². The minimum absolute atomic E-state index is 0.457. The Morgan fingerprint density at radius 2 is 1.82 bits per heavy atom. The molecule has 0 aliphatic carbocycles. The van der Waals surface area contributed by atoms with E-state index >= 15 is 0 Å². The maximum absolute atomic E-state index is 12.4. The lowest BCUT2D eigenvalue weighted by molar-refractivity contribution is 0.415. The number of hydrogen-bond donors (Lipinski definition) is 2. The first-order valence-electron chi connectivity index (χ1n) is 10.1. The fraction of sp³-hybridized carbons (Fsp3) is 0.0833. The molecule has 0 bridgehead atoms. The molecule has 2 aromatic heterocycles. The quantitative estimate of drug-likeness (QED) is 0.392. The minimum Gasteiger partial charge on any atom is -0.495 e. The zero-order valence-electron chi connectivity index (χ0n) is 18.3. The van der Waals surface area contributed by atoms with Gasteiger partial charge in [-0.25, -0.2) is 13.2 Å². The summed E-state index contributed by atoms with van der Waals surface area (Å²) in [6, 6.07) is 13.4. The molecular formula is C24H21N3O6S. The Kier molecular flexibility index (Phi) is 6.24. The zero-order chi connectivity index (χ0) is 24.3. The molecule has 34 heavy (non-hydrogen) atoms. The number of furan rings is 1. The summed E-state index contributed by atoms with van der Waals surface area (Å²) in [5.74, 6) is 0.564. The summed E-state index contributed by atoms with van der Waals surface area (Å²) in [5, 5.41) is 0. The summed E-state index contributed by atoms with van der Waals surface area (Å²) in [6.07, 6.45) is 9.25. The van der Waals surface area contributed by atoms with Crippen molar-refractivity contribution in [2.75, 3.05) is 18.1 Å². The van der Waals surface area contributed by atoms with Gasteiger partial charge in [0, 0.05) is 34.6 Å². The standard InChI is InChI=1S/C24H21N3O6S/c1-32-23-17(6-3-16-4-7-19(8-5-16)26-34(2,30)31)13-20(14-21(23)18-10-12-33-15-18)27-11-9-22(28)25-24(27)29/h3-15,26H,1-2H3,(H,25,28,29)/b6-3+. The fourth-order valence-corrected chi connectivity index (χ4v) is 4.01. The lowest BCUT2D eigenvalue weighted by Crippen LogP contribution is -2.27. The highest BCUT2D eigenvalue weighted by Crippen LogP contribution is 2.36. The van der Waals surface area contributed by atoms with E-state index in [1.165, 1.54) is 23.1 Å². The molecule has 0 unspecified atom stereocenters. The number of nitrogens with one attached hydrogen (secondary N) is 2. The number of methoxy groups -OCH3 is 1. The summed E-state index contributed by atoms with van der Waals surface area (Å²) < 4.78 is 37.5. The molecule has 2 aromatic carbocycles. The highest BCUT2D eigenvalue weighted by molar-refractivity contribution is 7.92. The second-order valence-electron chi connectivity index (χ2n) is 7.44. The monoisotopic (exact) mass is 479 g/mol. The molecule has 4 rings (SSSR count). The lowest BCUT2D eigenvalue weighted by atomic mass is 10.0. The van der Waals surface area contributed by atoms with E-state index in [1.54, 1.807) is 55.8 Å². The molecule has 0 saturated heterocycles. The second kappa shape index (κ2) is 9.28. The van der Waals surface area contributed by atoms with E-state index in [1.807, 2.05) is 12.2 Å². The average Bonchev–Trinajstić information content (AvgIpc) is 3.32. The summed E-state index contributed by atoms with van der Waals surface area (Å²) >= 11 is 0. The number of rotatable bonds is 7. The predicted octanol–water partition coefficient (Wildman–Crippen LogP) is 3.34. The van der Waals surface area contributed by atoms with Gasteiger partial charge in [-0.05, 0) is 35.9 Å². The maximum Gasteiger partial charge on any atom is 0.332 e. The summed E-state index contributed by atoms with van der Waals surface area (Å²) in [5.41, 5.74) is 2.86. The molecule has 0 fully saturated rings. The van der Waals surface area contributed by atoms with E-state index < -0.39 is 21.3 Å². The molecule has 0 atom stereocenters. The highest BCUT2D eigenvalue weighted by Gasteiger charge is 2.15. The first kappa shape index (κ1) is 22.9. The van der Waals surface area contributed by atoms with E-state index in [2.05, 4.69) is 9.71 Å². The predicted molar refractivity (Wildman–Crippen MR) is 131 cm³/mol. The third-order valence-corrected chi connectivity index (χ3v) is 5.52. The molecule has 0 amide bonds. The Labute approximate surface area is 195 Å². The van der Waals surface area contributed by atoms with Crippen LogP contribution in [-0.2, 0) is 10.0 Å². The summed E-state index contributed by atoms with van der Waals surface area (Å²) in [4.78, 5) is 26.2. The molecule has 0 saturated carbocycles. The molecule has 4 aromatic rings. The van der Waals surface area contributed by atoms with Crippen molar-refractivity contribution in [3.63, 3.8) is 0 Å². The lowest BCUT2D eigenvalue weighted by Gasteiger charge is -2.14. The third-order valence-electron chi connectivity index (χ3n) is 4.91. The van der Waals surface area contributed by atoms with Gasteiger partial charge in [0.15, 0.2) is 0 Å². The number of sulfonamides is 1. The van der Waals surface area contributed by atoms with Crippen LogP contribution in [0.25, 0.3) is 29.0 Å². The Hall–Kier alpha value is -4.31. The molecule has 10 heteroatoms. The smallest absolute Gasteiger partial charge is 0.332 e. The van der Waals surface area contributed by atoms with Gasteiger partial charge in [0.1, 0.15) is 5.75 Å². The van der Waals surface area contributed by atoms with Crippen LogP contribution < -0.4 is 20.7 Å². The Bertz CT molecular complexity index is 1560. The van der Waals surface area contributed by atoms with E-state index in [-0.39, 0.29) is 0 Å². The summed E-state index contributed by atoms with van der Waals surface area (Å²) in [7, 11) is -1.81. The van der Waals surface area contributed by atoms with Crippen LogP contribution in [0.1, 0.15) is 11.1 Å². The van der Waals surface area contributed by atoms with Gasteiger partial charge in [0.05, 0.1) is 31.6 Å². The van der Waals surface area contributed by atoms with Crippen molar-refractivity contribution in [1.82, 2.24) is 9.55 Å². The Morgan fingerprint density at radius 1 is 1.06 bits per heavy atom. The van der Waals surface area contributed by atoms with Crippen molar-refractivity contribution in [3.05, 3.63) is 99.2 Å². The normalized spacial score (nSPS) is 11.6. The van der Waals surface area contributed by atoms with Crippen molar-refractivity contribution in [1.29, 1.82) is 0 Å². The minimum atomic E-state index is -3.36. The first-order chi connectivity index (χ1) is 16.2. The Balaban J connectivity index is 1.80. The van der Waals surface area contributed by atoms with Crippen molar-refractivity contribution in [2.24, 2.45) is 0 Å². The van der Waals surface area contributed by atoms with E-state index in [0.717, 1.165) is 17.4 Å². The number of anilines is 1. The molecule has 0 radical (unpaired) electrons. The van der Waals surface area contributed by atoms with Gasteiger partial charge in [-0.1, -0.05) is 24.3 Å². The van der Waals surface area contributed by atoms with E-state index in [4.69, 9.17) is 9.15 Å². The molecule has 2 heterocycles. The Morgan fingerprint density at radius 3 is 2.44 bits per heavy atom. The molecule has 0 aliphatic heterocycles. The molecule has 0 spiro atoms. The number of aromatic amines is 1. The van der Waals surface area contributed by atoms with Gasteiger partial charge in [-0.15, -0.1) is 0 Å². The molecule has 0 aliphatic rings. The molecule has 2 N–H and O–H groups in total. The van der Waals surface area contributed by atoms with Crippen molar-refractivity contribution in [2.45, 2.75) is 0 Å². The highest BCUT2D eigenvalue weighted by atomic mass is 32.2. The van der Waals surface area contributed by atoms with Crippen molar-refractivity contribution in [3.8, 4) is 22.6 Å². The van der Waals surface area contributed by atoms with Crippen LogP contribution >= 0.6 is 0 Å². The number of aromatic nitrogens is 2. The third kappa shape index (κ3) is 5.18. The topological polar surface area (TPSA) is 123 Å². The van der Waals surface area contributed by atoms with Gasteiger partial charge in [-0.2, -0.15) is 0 Å². The SMILES string of the molecule is COc1c(/C=C/c2ccc(NS(C)(=O)=O)cc2)cc(-n2ccc(=O)[nH]c2=O)cc1-c1ccoc1. The summed E-state index contributed by atoms with van der Waals surface area (Å²) in [6.45, 7) is 0. The van der Waals surface area contributed by atoms with E-state index in [9.17, 15) is 18.0 Å². The largest absolute Gasteiger partial charge is 0.495 e. The van der Waals surface area contributed by atoms with Gasteiger partial charge in [-0.3, -0.25) is 19.1 Å². The number of nitrogens with zero attached hydrogens (tertiary/aromatic N) is 1. The van der Waals surface area contributed by atoms with E-state index in [0.29, 0.717) is 28.3 Å². The number of benzene rings is 2. The maximum atomic E-state index is 12.4. The number of H-pyrrole nitrogens is 1. The number of hydrogen-bond acceptors (Lipinski definition) is 6. The molecular weight excluding hydrogens is 458 g/mol. The molecule has 174 valence electrons. The van der Waals surface area contributed by atoms with Crippen LogP contribution in [0.15, 0.2) is 81.3 Å². The van der Waals surface area contributed by atoms with Gasteiger partial charge in [0.25, 0.3) is 5.56 Å². The van der Waals surface area contributed by atoms with Crippen LogP contribution in [0.4, 0.5) is 5.69 Å². The van der Waals surface area contributed by atoms with Crippen LogP contribution in [-0.4, -0.2) is 31.3 Å². The van der Waals surface area contributed by atoms with Crippen LogP contribution in [0, 0.1) is 0 Å². The van der Waals surface area contributed by atoms with Crippen molar-refractivity contribution >= 4 is 27.9 Å². The number of ether oxygens (including phenoxy) is 1. The van der Waals surface area contributed by atoms with Gasteiger partial charge < -0.3 is 9.15 Å². The zero-order valence-corrected chi connectivity index (χ0v) is 19.1. The fourth-order valence-electron chi connectivity index (χ4n) is 3.44. The van der Waals surface area contributed by atoms with Gasteiger partial charge >= 0.3 is 5.69 Å². The van der Waals surface area contributed by atoms with Crippen LogP contribution in [0.2, 0.25) is 0 Å².